The van der Waals surface area contributed by atoms with E-state index in [0.717, 1.165) is 25.7 Å². The van der Waals surface area contributed by atoms with Gasteiger partial charge in [-0.2, -0.15) is 0 Å². The number of hydrogen-bond acceptors (Lipinski definition) is 2. The normalized spacial score (nSPS) is 9.10. The van der Waals surface area contributed by atoms with E-state index in [1.165, 1.54) is 0 Å². The first-order chi connectivity index (χ1) is 4.27. The molecule has 0 fully saturated rings. The number of unbranched alkanes of at least 4 members (excludes halogenated alkanes) is 2. The van der Waals surface area contributed by atoms with Crippen LogP contribution in [-0.4, -0.2) is 83.2 Å². The Labute approximate surface area is 106 Å². The summed E-state index contributed by atoms with van der Waals surface area (Å²) in [5.74, 6) is 0. The Balaban J connectivity index is 0. The van der Waals surface area contributed by atoms with Crippen molar-refractivity contribution in [3.05, 3.63) is 0 Å². The van der Waals surface area contributed by atoms with Crippen molar-refractivity contribution in [2.24, 2.45) is 0 Å². The van der Waals surface area contributed by atoms with Crippen molar-refractivity contribution in [3.63, 3.8) is 0 Å². The van der Waals surface area contributed by atoms with E-state index in [2.05, 4.69) is 4.90 Å². The summed E-state index contributed by atoms with van der Waals surface area (Å²) in [6.45, 7) is 1.09. The molecule has 0 aromatic heterocycles. The Bertz CT molecular complexity index is 76.0. The second kappa shape index (κ2) is 10.3. The van der Waals surface area contributed by atoms with Gasteiger partial charge < -0.3 is 9.69 Å². The van der Waals surface area contributed by atoms with Gasteiger partial charge in [0.1, 0.15) is 6.29 Å². The molecule has 0 saturated carbocycles. The van der Waals surface area contributed by atoms with Crippen molar-refractivity contribution in [2.75, 3.05) is 20.6 Å². The summed E-state index contributed by atoms with van der Waals surface area (Å²) in [5, 5.41) is 0. The predicted octanol–water partition coefficient (Wildman–Crippen LogP) is 0.269. The topological polar surface area (TPSA) is 20.3 Å². The number of aldehydes is 1. The molecule has 0 aromatic carbocycles. The molecule has 0 aliphatic rings. The number of carbonyl (C=O) groups excluding carboxylic acids is 1. The van der Waals surface area contributed by atoms with Crippen molar-refractivity contribution in [2.45, 2.75) is 19.3 Å². The molecule has 2 nitrogen and oxygen atoms in total. The number of nitrogens with zero attached hydrogens (tertiary/aromatic N) is 1. The van der Waals surface area contributed by atoms with Gasteiger partial charge in [-0.1, -0.05) is 0 Å². The van der Waals surface area contributed by atoms with Crippen LogP contribution in [0.15, 0.2) is 0 Å². The summed E-state index contributed by atoms with van der Waals surface area (Å²) >= 11 is 0. The number of hydrogen-bond donors (Lipinski definition) is 0. The van der Waals surface area contributed by atoms with Gasteiger partial charge in [-0.25, -0.2) is 0 Å². The van der Waals surface area contributed by atoms with E-state index in [4.69, 9.17) is 0 Å². The van der Waals surface area contributed by atoms with Crippen LogP contribution in [0.25, 0.3) is 0 Å². The van der Waals surface area contributed by atoms with E-state index in [1.54, 1.807) is 0 Å². The van der Waals surface area contributed by atoms with Gasteiger partial charge in [0.2, 0.25) is 0 Å². The molecule has 0 amide bonds. The van der Waals surface area contributed by atoms with Crippen molar-refractivity contribution < 1.29 is 4.79 Å². The minimum atomic E-state index is 0. The van der Waals surface area contributed by atoms with Crippen LogP contribution >= 0.6 is 0 Å². The van der Waals surface area contributed by atoms with Crippen LogP contribution in [-0.2, 0) is 4.79 Å². The molecule has 0 bridgehead atoms. The van der Waals surface area contributed by atoms with Crippen molar-refractivity contribution >= 4 is 57.7 Å². The second-order valence-corrected chi connectivity index (χ2v) is 2.47. The first-order valence-corrected chi connectivity index (χ1v) is 3.35. The Morgan fingerprint density at radius 2 is 1.90 bits per heavy atom. The van der Waals surface area contributed by atoms with E-state index < -0.39 is 0 Å². The SMILES string of the molecule is CN(C)CCCCC=O.[KH]. The molecule has 0 rings (SSSR count). The van der Waals surface area contributed by atoms with Crippen molar-refractivity contribution in [1.29, 1.82) is 0 Å². The van der Waals surface area contributed by atoms with Crippen LogP contribution in [0, 0.1) is 0 Å². The molecular formula is C7H16KNO. The zero-order valence-corrected chi connectivity index (χ0v) is 6.26. The third-order valence-corrected chi connectivity index (χ3v) is 1.18. The van der Waals surface area contributed by atoms with E-state index in [1.807, 2.05) is 14.1 Å². The van der Waals surface area contributed by atoms with Crippen LogP contribution in [0.3, 0.4) is 0 Å². The molecule has 0 atom stereocenters. The first kappa shape index (κ1) is 13.8. The van der Waals surface area contributed by atoms with Gasteiger partial charge in [0.25, 0.3) is 0 Å². The van der Waals surface area contributed by atoms with Crippen molar-refractivity contribution in [3.8, 4) is 0 Å². The molecule has 0 spiro atoms. The Morgan fingerprint density at radius 3 is 2.30 bits per heavy atom. The van der Waals surface area contributed by atoms with Gasteiger partial charge in [-0.15, -0.1) is 0 Å². The van der Waals surface area contributed by atoms with Crippen LogP contribution in [0.1, 0.15) is 19.3 Å². The van der Waals surface area contributed by atoms with E-state index in [0.29, 0.717) is 6.42 Å². The Kier molecular flexibility index (Phi) is 14.2. The maximum atomic E-state index is 9.84. The van der Waals surface area contributed by atoms with Crippen molar-refractivity contribution in [1.82, 2.24) is 4.90 Å². The Hall–Kier alpha value is 1.27. The molecule has 0 saturated heterocycles. The molecule has 0 aromatic rings. The first-order valence-electron chi connectivity index (χ1n) is 3.35. The van der Waals surface area contributed by atoms with E-state index in [9.17, 15) is 4.79 Å². The standard InChI is InChI=1S/C7H15NO.K.H/c1-8(2)6-4-3-5-7-9;;/h7H,3-6H2,1-2H3;;. The fraction of sp³-hybridized carbons (Fsp3) is 0.857. The van der Waals surface area contributed by atoms with Crippen LogP contribution < -0.4 is 0 Å². The third kappa shape index (κ3) is 12.0. The van der Waals surface area contributed by atoms with Gasteiger partial charge in [0, 0.05) is 6.42 Å². The third-order valence-electron chi connectivity index (χ3n) is 1.18. The molecule has 0 N–H and O–H groups in total. The van der Waals surface area contributed by atoms with Gasteiger partial charge in [0.05, 0.1) is 0 Å². The fourth-order valence-electron chi connectivity index (χ4n) is 0.656. The van der Waals surface area contributed by atoms with Gasteiger partial charge in [0.15, 0.2) is 0 Å². The zero-order valence-electron chi connectivity index (χ0n) is 6.26. The van der Waals surface area contributed by atoms with Crippen LogP contribution in [0.4, 0.5) is 0 Å². The molecule has 56 valence electrons. The molecule has 0 unspecified atom stereocenters. The second-order valence-electron chi connectivity index (χ2n) is 2.47. The molecular weight excluding hydrogens is 153 g/mol. The molecule has 0 radical (unpaired) electrons. The van der Waals surface area contributed by atoms with Gasteiger partial charge in [-0.3, -0.25) is 0 Å². The van der Waals surface area contributed by atoms with Gasteiger partial charge in [-0.05, 0) is 33.5 Å². The molecule has 3 heteroatoms. The molecule has 0 aliphatic carbocycles. The zero-order chi connectivity index (χ0) is 7.11. The Morgan fingerprint density at radius 1 is 1.30 bits per heavy atom. The van der Waals surface area contributed by atoms with E-state index in [-0.39, 0.29) is 51.4 Å². The number of carbonyl (C=O) groups is 1. The maximum absolute atomic E-state index is 9.84. The molecule has 10 heavy (non-hydrogen) atoms. The van der Waals surface area contributed by atoms with Gasteiger partial charge >= 0.3 is 51.4 Å². The number of rotatable bonds is 5. The summed E-state index contributed by atoms with van der Waals surface area (Å²) in [6, 6.07) is 0. The van der Waals surface area contributed by atoms with Crippen LogP contribution in [0.5, 0.6) is 0 Å². The van der Waals surface area contributed by atoms with E-state index >= 15 is 0 Å². The quantitative estimate of drug-likeness (QED) is 0.334. The summed E-state index contributed by atoms with van der Waals surface area (Å²) in [5.41, 5.74) is 0. The monoisotopic (exact) mass is 169 g/mol. The predicted molar refractivity (Wildman–Crippen MR) is 45.6 cm³/mol. The van der Waals surface area contributed by atoms with Crippen LogP contribution in [0.2, 0.25) is 0 Å². The summed E-state index contributed by atoms with van der Waals surface area (Å²) in [6.07, 6.45) is 3.86. The summed E-state index contributed by atoms with van der Waals surface area (Å²) in [7, 11) is 4.09. The molecule has 0 aliphatic heterocycles. The average molecular weight is 169 g/mol. The summed E-state index contributed by atoms with van der Waals surface area (Å²) < 4.78 is 0. The summed E-state index contributed by atoms with van der Waals surface area (Å²) in [4.78, 5) is 12.0. The molecule has 0 heterocycles. The fourth-order valence-corrected chi connectivity index (χ4v) is 0.656. The minimum absolute atomic E-state index is 0. The average Bonchev–Trinajstić information content (AvgIpc) is 1.80.